The maximum atomic E-state index is 11.4. The molecule has 0 spiro atoms. The molecule has 0 aliphatic carbocycles. The molecule has 0 bridgehead atoms. The van der Waals surface area contributed by atoms with E-state index in [2.05, 4.69) is 12.0 Å². The predicted octanol–water partition coefficient (Wildman–Crippen LogP) is 1.63. The van der Waals surface area contributed by atoms with Gasteiger partial charge in [0.25, 0.3) is 0 Å². The van der Waals surface area contributed by atoms with Gasteiger partial charge in [0.1, 0.15) is 5.82 Å². The lowest BCUT2D eigenvalue weighted by atomic mass is 10.1. The van der Waals surface area contributed by atoms with E-state index in [-0.39, 0.29) is 5.69 Å². The molecule has 0 aromatic carbocycles. The molecule has 1 heterocycles. The first-order valence-electron chi connectivity index (χ1n) is 5.75. The van der Waals surface area contributed by atoms with Crippen LogP contribution >= 0.6 is 0 Å². The Kier molecular flexibility index (Phi) is 4.59. The molecular formula is C11H21N3O. The van der Waals surface area contributed by atoms with Gasteiger partial charge in [-0.05, 0) is 6.42 Å². The van der Waals surface area contributed by atoms with Crippen LogP contribution in [0.5, 0.6) is 0 Å². The zero-order chi connectivity index (χ0) is 11.3. The van der Waals surface area contributed by atoms with Crippen molar-refractivity contribution in [3.63, 3.8) is 0 Å². The second kappa shape index (κ2) is 5.73. The quantitative estimate of drug-likeness (QED) is 0.671. The van der Waals surface area contributed by atoms with Gasteiger partial charge >= 0.3 is 5.69 Å². The van der Waals surface area contributed by atoms with Gasteiger partial charge in [0.15, 0.2) is 0 Å². The Morgan fingerprint density at radius 1 is 1.13 bits per heavy atom. The zero-order valence-electron chi connectivity index (χ0n) is 9.99. The van der Waals surface area contributed by atoms with E-state index < -0.39 is 0 Å². The third kappa shape index (κ3) is 3.22. The number of rotatable bonds is 6. The smallest absolute Gasteiger partial charge is 0.282 e. The van der Waals surface area contributed by atoms with Gasteiger partial charge in [0.05, 0.1) is 0 Å². The van der Waals surface area contributed by atoms with E-state index in [1.165, 1.54) is 30.4 Å². The molecule has 0 aliphatic heterocycles. The average Bonchev–Trinajstić information content (AvgIpc) is 2.46. The summed E-state index contributed by atoms with van der Waals surface area (Å²) in [4.78, 5) is 11.4. The monoisotopic (exact) mass is 211 g/mol. The lowest BCUT2D eigenvalue weighted by Gasteiger charge is -1.99. The van der Waals surface area contributed by atoms with Crippen molar-refractivity contribution in [3.8, 4) is 0 Å². The topological polar surface area (TPSA) is 39.8 Å². The third-order valence-electron chi connectivity index (χ3n) is 2.72. The number of hydrogen-bond acceptors (Lipinski definition) is 2. The molecule has 0 saturated carbocycles. The first-order chi connectivity index (χ1) is 7.16. The van der Waals surface area contributed by atoms with E-state index in [4.69, 9.17) is 0 Å². The van der Waals surface area contributed by atoms with Crippen molar-refractivity contribution < 1.29 is 0 Å². The summed E-state index contributed by atoms with van der Waals surface area (Å²) >= 11 is 0. The summed E-state index contributed by atoms with van der Waals surface area (Å²) in [6.45, 7) is 2.21. The summed E-state index contributed by atoms with van der Waals surface area (Å²) in [6, 6.07) is 0. The summed E-state index contributed by atoms with van der Waals surface area (Å²) in [7, 11) is 3.49. The molecule has 0 aliphatic rings. The Morgan fingerprint density at radius 2 is 1.80 bits per heavy atom. The molecule has 1 aromatic rings. The van der Waals surface area contributed by atoms with E-state index >= 15 is 0 Å². The van der Waals surface area contributed by atoms with Crippen molar-refractivity contribution in [3.05, 3.63) is 16.3 Å². The fourth-order valence-electron chi connectivity index (χ4n) is 1.71. The molecule has 0 radical (unpaired) electrons. The first kappa shape index (κ1) is 12.0. The van der Waals surface area contributed by atoms with Crippen molar-refractivity contribution in [1.82, 2.24) is 14.3 Å². The van der Waals surface area contributed by atoms with Gasteiger partial charge < -0.3 is 0 Å². The van der Waals surface area contributed by atoms with Crippen LogP contribution in [0.25, 0.3) is 0 Å². The predicted molar refractivity (Wildman–Crippen MR) is 60.9 cm³/mol. The highest BCUT2D eigenvalue weighted by atomic mass is 16.2. The summed E-state index contributed by atoms with van der Waals surface area (Å²) < 4.78 is 3.04. The summed E-state index contributed by atoms with van der Waals surface area (Å²) in [5.74, 6) is 0.902. The van der Waals surface area contributed by atoms with Crippen LogP contribution in [0.4, 0.5) is 0 Å². The fourth-order valence-corrected chi connectivity index (χ4v) is 1.71. The Labute approximate surface area is 90.9 Å². The highest BCUT2D eigenvalue weighted by molar-refractivity contribution is 4.86. The number of nitrogens with zero attached hydrogens (tertiary/aromatic N) is 3. The molecule has 1 rings (SSSR count). The van der Waals surface area contributed by atoms with Crippen LogP contribution in [0, 0.1) is 0 Å². The average molecular weight is 211 g/mol. The van der Waals surface area contributed by atoms with E-state index in [0.717, 1.165) is 18.7 Å². The molecule has 0 saturated heterocycles. The second-order valence-electron chi connectivity index (χ2n) is 4.05. The van der Waals surface area contributed by atoms with Gasteiger partial charge in [-0.3, -0.25) is 4.57 Å². The highest BCUT2D eigenvalue weighted by Gasteiger charge is 2.06. The summed E-state index contributed by atoms with van der Waals surface area (Å²) in [5, 5.41) is 4.19. The van der Waals surface area contributed by atoms with Crippen LogP contribution in [0.2, 0.25) is 0 Å². The van der Waals surface area contributed by atoms with E-state index in [1.54, 1.807) is 18.7 Å². The molecule has 4 heteroatoms. The number of hydrogen-bond donors (Lipinski definition) is 0. The SMILES string of the molecule is CCCCCCCc1nn(C)c(=O)n1C. The number of unbranched alkanes of at least 4 members (excludes halogenated alkanes) is 4. The molecule has 0 atom stereocenters. The van der Waals surface area contributed by atoms with Crippen LogP contribution in [-0.4, -0.2) is 14.3 Å². The largest absolute Gasteiger partial charge is 0.345 e. The van der Waals surface area contributed by atoms with Crippen molar-refractivity contribution in [2.24, 2.45) is 14.1 Å². The Balaban J connectivity index is 2.38. The van der Waals surface area contributed by atoms with Gasteiger partial charge in [-0.15, -0.1) is 0 Å². The summed E-state index contributed by atoms with van der Waals surface area (Å²) in [6.07, 6.45) is 7.14. The van der Waals surface area contributed by atoms with Gasteiger partial charge in [0, 0.05) is 20.5 Å². The molecule has 4 nitrogen and oxygen atoms in total. The minimum absolute atomic E-state index is 0.0291. The molecule has 0 fully saturated rings. The van der Waals surface area contributed by atoms with E-state index in [0.29, 0.717) is 0 Å². The van der Waals surface area contributed by atoms with Crippen molar-refractivity contribution in [2.75, 3.05) is 0 Å². The second-order valence-corrected chi connectivity index (χ2v) is 4.05. The zero-order valence-corrected chi connectivity index (χ0v) is 9.99. The molecule has 0 amide bonds. The third-order valence-corrected chi connectivity index (χ3v) is 2.72. The van der Waals surface area contributed by atoms with Crippen LogP contribution in [-0.2, 0) is 20.5 Å². The Morgan fingerprint density at radius 3 is 2.33 bits per heavy atom. The maximum Gasteiger partial charge on any atom is 0.345 e. The number of aromatic nitrogens is 3. The Bertz CT molecular complexity index is 351. The van der Waals surface area contributed by atoms with E-state index in [1.807, 2.05) is 0 Å². The number of aryl methyl sites for hydroxylation is 2. The van der Waals surface area contributed by atoms with Gasteiger partial charge in [-0.25, -0.2) is 9.48 Å². The maximum absolute atomic E-state index is 11.4. The van der Waals surface area contributed by atoms with Crippen molar-refractivity contribution >= 4 is 0 Å². The normalized spacial score (nSPS) is 10.9. The highest BCUT2D eigenvalue weighted by Crippen LogP contribution is 2.05. The Hall–Kier alpha value is -1.06. The van der Waals surface area contributed by atoms with Crippen molar-refractivity contribution in [2.45, 2.75) is 45.4 Å². The van der Waals surface area contributed by atoms with Gasteiger partial charge in [-0.2, -0.15) is 5.10 Å². The fraction of sp³-hybridized carbons (Fsp3) is 0.818. The van der Waals surface area contributed by atoms with Crippen LogP contribution in [0.3, 0.4) is 0 Å². The van der Waals surface area contributed by atoms with Gasteiger partial charge in [-0.1, -0.05) is 32.6 Å². The lowest BCUT2D eigenvalue weighted by molar-refractivity contribution is 0.610. The van der Waals surface area contributed by atoms with Crippen LogP contribution in [0.15, 0.2) is 4.79 Å². The molecular weight excluding hydrogens is 190 g/mol. The van der Waals surface area contributed by atoms with Crippen LogP contribution in [0.1, 0.15) is 44.9 Å². The summed E-state index contributed by atoms with van der Waals surface area (Å²) in [5.41, 5.74) is -0.0291. The van der Waals surface area contributed by atoms with Gasteiger partial charge in [0.2, 0.25) is 0 Å². The molecule has 0 unspecified atom stereocenters. The first-order valence-corrected chi connectivity index (χ1v) is 5.75. The molecule has 0 N–H and O–H groups in total. The lowest BCUT2D eigenvalue weighted by Crippen LogP contribution is -2.20. The van der Waals surface area contributed by atoms with E-state index in [9.17, 15) is 4.79 Å². The molecule has 15 heavy (non-hydrogen) atoms. The molecule has 86 valence electrons. The minimum atomic E-state index is -0.0291. The van der Waals surface area contributed by atoms with Crippen LogP contribution < -0.4 is 5.69 Å². The standard InChI is InChI=1S/C11H21N3O/c1-4-5-6-7-8-9-10-12-14(3)11(15)13(10)2/h4-9H2,1-3H3. The minimum Gasteiger partial charge on any atom is -0.282 e. The van der Waals surface area contributed by atoms with Crippen molar-refractivity contribution in [1.29, 1.82) is 0 Å². The molecule has 1 aromatic heterocycles.